The van der Waals surface area contributed by atoms with Crippen molar-refractivity contribution in [3.05, 3.63) is 76.9 Å². The highest BCUT2D eigenvalue weighted by molar-refractivity contribution is 6.73. The van der Waals surface area contributed by atoms with Crippen molar-refractivity contribution in [1.29, 1.82) is 0 Å². The van der Waals surface area contributed by atoms with Crippen LogP contribution in [0.5, 0.6) is 0 Å². The largest absolute Gasteiger partial charge is 0.465 e. The molecular formula is C31H39F3O3Si. The molecule has 3 nitrogen and oxygen atoms in total. The predicted molar refractivity (Wildman–Crippen MR) is 148 cm³/mol. The molecule has 0 saturated heterocycles. The summed E-state index contributed by atoms with van der Waals surface area (Å²) in [4.78, 5) is 12.3. The van der Waals surface area contributed by atoms with Gasteiger partial charge in [0.2, 0.25) is 0 Å². The van der Waals surface area contributed by atoms with Gasteiger partial charge >= 0.3 is 12.1 Å². The number of fused-ring (bicyclic) bond motifs is 3. The number of halogens is 3. The standard InChI is InChI=1S/C31H39F3O3Si/c1-6-38(7-2,8-3)37-30(31(32,33)34)17-16-29(20-23-12-10-9-11-13-23)25(21-30)18-22(4)26-19-24(28(35)36-5)14-15-27(26)29/h9-15,18-19,25H,6-8,16-17,20-21H2,1-5H3. The monoisotopic (exact) mass is 544 g/mol. The number of carbonyl (C=O) groups is 1. The number of rotatable bonds is 8. The second-order valence-corrected chi connectivity index (χ2v) is 15.8. The van der Waals surface area contributed by atoms with Gasteiger partial charge in [0.1, 0.15) is 0 Å². The van der Waals surface area contributed by atoms with E-state index in [2.05, 4.69) is 0 Å². The van der Waals surface area contributed by atoms with Gasteiger partial charge in [-0.3, -0.25) is 0 Å². The Morgan fingerprint density at radius 3 is 2.26 bits per heavy atom. The number of allylic oxidation sites excluding steroid dienone is 2. The minimum Gasteiger partial charge on any atom is -0.465 e. The average Bonchev–Trinajstić information content (AvgIpc) is 2.92. The van der Waals surface area contributed by atoms with Crippen LogP contribution in [0.4, 0.5) is 13.2 Å². The molecule has 0 aliphatic heterocycles. The second kappa shape index (κ2) is 10.6. The van der Waals surface area contributed by atoms with E-state index in [1.54, 1.807) is 6.07 Å². The van der Waals surface area contributed by atoms with E-state index < -0.39 is 31.5 Å². The summed E-state index contributed by atoms with van der Waals surface area (Å²) < 4.78 is 56.5. The SMILES string of the molecule is CC[Si](CC)(CC)OC1(C(F)(F)F)CCC2(Cc3ccccc3)c3ccc(C(=O)OC)cc3C(C)=CC2C1. The molecule has 0 N–H and O–H groups in total. The highest BCUT2D eigenvalue weighted by Crippen LogP contribution is 2.59. The molecule has 2 aromatic carbocycles. The number of ether oxygens (including phenoxy) is 1. The third-order valence-corrected chi connectivity index (χ3v) is 14.0. The fraction of sp³-hybridized carbons (Fsp3) is 0.516. The molecule has 206 valence electrons. The van der Waals surface area contributed by atoms with Crippen molar-refractivity contribution >= 4 is 19.9 Å². The molecule has 38 heavy (non-hydrogen) atoms. The number of benzene rings is 2. The first-order chi connectivity index (χ1) is 18.0. The van der Waals surface area contributed by atoms with Crippen molar-refractivity contribution in [2.24, 2.45) is 5.92 Å². The molecule has 0 heterocycles. The van der Waals surface area contributed by atoms with Crippen LogP contribution >= 0.6 is 0 Å². The lowest BCUT2D eigenvalue weighted by Gasteiger charge is -2.55. The maximum atomic E-state index is 15.0. The van der Waals surface area contributed by atoms with Gasteiger partial charge in [-0.15, -0.1) is 0 Å². The highest BCUT2D eigenvalue weighted by Gasteiger charge is 2.64. The summed E-state index contributed by atoms with van der Waals surface area (Å²) in [7, 11) is -1.20. The molecule has 1 saturated carbocycles. The summed E-state index contributed by atoms with van der Waals surface area (Å²) in [5, 5.41) is 0. The molecular weight excluding hydrogens is 505 g/mol. The van der Waals surface area contributed by atoms with Gasteiger partial charge in [0, 0.05) is 5.41 Å². The van der Waals surface area contributed by atoms with Crippen LogP contribution in [0.25, 0.3) is 5.57 Å². The first-order valence-electron chi connectivity index (χ1n) is 13.7. The number of alkyl halides is 3. The van der Waals surface area contributed by atoms with E-state index in [1.165, 1.54) is 7.11 Å². The lowest BCUT2D eigenvalue weighted by Crippen LogP contribution is -2.61. The van der Waals surface area contributed by atoms with Gasteiger partial charge in [0.15, 0.2) is 13.9 Å². The Labute approximate surface area is 225 Å². The van der Waals surface area contributed by atoms with Gasteiger partial charge in [-0.2, -0.15) is 13.2 Å². The molecule has 7 heteroatoms. The lowest BCUT2D eigenvalue weighted by atomic mass is 9.53. The van der Waals surface area contributed by atoms with E-state index in [0.717, 1.165) is 22.3 Å². The fourth-order valence-corrected chi connectivity index (χ4v) is 9.88. The third-order valence-electron chi connectivity index (χ3n) is 9.31. The molecule has 2 aromatic rings. The van der Waals surface area contributed by atoms with Gasteiger partial charge in [-0.05, 0) is 91.1 Å². The van der Waals surface area contributed by atoms with Crippen LogP contribution in [0.2, 0.25) is 18.1 Å². The number of carbonyl (C=O) groups excluding carboxylic acids is 1. The number of hydrogen-bond donors (Lipinski definition) is 0. The number of hydrogen-bond acceptors (Lipinski definition) is 3. The molecule has 3 atom stereocenters. The Kier molecular flexibility index (Phi) is 8.02. The van der Waals surface area contributed by atoms with Crippen LogP contribution < -0.4 is 0 Å². The van der Waals surface area contributed by atoms with Crippen molar-refractivity contribution in [2.75, 3.05) is 7.11 Å². The topological polar surface area (TPSA) is 35.5 Å². The maximum absolute atomic E-state index is 15.0. The van der Waals surface area contributed by atoms with Crippen LogP contribution in [0.1, 0.15) is 74.0 Å². The minimum atomic E-state index is -4.46. The molecule has 0 radical (unpaired) electrons. The van der Waals surface area contributed by atoms with E-state index in [0.29, 0.717) is 36.5 Å². The zero-order chi connectivity index (χ0) is 27.8. The van der Waals surface area contributed by atoms with Gasteiger partial charge < -0.3 is 9.16 Å². The van der Waals surface area contributed by atoms with Crippen molar-refractivity contribution in [2.45, 2.75) is 88.7 Å². The highest BCUT2D eigenvalue weighted by atomic mass is 28.4. The third kappa shape index (κ3) is 4.88. The van der Waals surface area contributed by atoms with Crippen molar-refractivity contribution < 1.29 is 27.1 Å². The van der Waals surface area contributed by atoms with E-state index in [-0.39, 0.29) is 18.8 Å². The smallest absolute Gasteiger partial charge is 0.416 e. The first-order valence-corrected chi connectivity index (χ1v) is 16.2. The number of esters is 1. The molecule has 0 bridgehead atoms. The molecule has 2 aliphatic rings. The lowest BCUT2D eigenvalue weighted by molar-refractivity contribution is -0.269. The molecule has 4 rings (SSSR count). The van der Waals surface area contributed by atoms with Gasteiger partial charge in [0.25, 0.3) is 0 Å². The van der Waals surface area contributed by atoms with Gasteiger partial charge in [-0.1, -0.05) is 63.2 Å². The molecule has 0 amide bonds. The van der Waals surface area contributed by atoms with Crippen LogP contribution in [0.15, 0.2) is 54.6 Å². The Balaban J connectivity index is 1.86. The van der Waals surface area contributed by atoms with Crippen LogP contribution in [0, 0.1) is 5.92 Å². The normalized spacial score (nSPS) is 25.3. The van der Waals surface area contributed by atoms with Crippen LogP contribution in [-0.4, -0.2) is 33.2 Å². The van der Waals surface area contributed by atoms with Crippen LogP contribution in [0.3, 0.4) is 0 Å². The van der Waals surface area contributed by atoms with Crippen molar-refractivity contribution in [3.63, 3.8) is 0 Å². The Hall–Kier alpha value is -2.38. The van der Waals surface area contributed by atoms with Crippen LogP contribution in [-0.2, 0) is 21.0 Å². The summed E-state index contributed by atoms with van der Waals surface area (Å²) >= 11 is 0. The predicted octanol–water partition coefficient (Wildman–Crippen LogP) is 8.49. The zero-order valence-electron chi connectivity index (χ0n) is 23.1. The summed E-state index contributed by atoms with van der Waals surface area (Å²) in [6, 6.07) is 17.5. The quantitative estimate of drug-likeness (QED) is 0.247. The van der Waals surface area contributed by atoms with Crippen molar-refractivity contribution in [1.82, 2.24) is 0 Å². The second-order valence-electron chi connectivity index (χ2n) is 11.1. The fourth-order valence-electron chi connectivity index (χ4n) is 6.82. The van der Waals surface area contributed by atoms with Gasteiger partial charge in [-0.25, -0.2) is 4.79 Å². The molecule has 2 aliphatic carbocycles. The van der Waals surface area contributed by atoms with Crippen molar-refractivity contribution in [3.8, 4) is 0 Å². The maximum Gasteiger partial charge on any atom is 0.416 e. The van der Waals surface area contributed by atoms with E-state index in [9.17, 15) is 4.79 Å². The average molecular weight is 545 g/mol. The van der Waals surface area contributed by atoms with E-state index in [4.69, 9.17) is 9.16 Å². The molecule has 0 spiro atoms. The summed E-state index contributed by atoms with van der Waals surface area (Å²) in [5.74, 6) is -0.778. The Morgan fingerprint density at radius 1 is 1.03 bits per heavy atom. The minimum absolute atomic E-state index is 0.0698. The first kappa shape index (κ1) is 28.6. The zero-order valence-corrected chi connectivity index (χ0v) is 24.1. The Bertz CT molecular complexity index is 1180. The molecule has 0 aromatic heterocycles. The summed E-state index contributed by atoms with van der Waals surface area (Å²) in [5.41, 5.74) is 1.68. The number of methoxy groups -OCH3 is 1. The van der Waals surface area contributed by atoms with Gasteiger partial charge in [0.05, 0.1) is 12.7 Å². The Morgan fingerprint density at radius 2 is 1.68 bits per heavy atom. The molecule has 3 unspecified atom stereocenters. The van der Waals surface area contributed by atoms with E-state index >= 15 is 13.2 Å². The molecule has 1 fully saturated rings. The summed E-state index contributed by atoms with van der Waals surface area (Å²) in [6.45, 7) is 7.86. The summed E-state index contributed by atoms with van der Waals surface area (Å²) in [6.07, 6.45) is -1.63. The van der Waals surface area contributed by atoms with E-state index in [1.807, 2.05) is 76.2 Å².